The molecule has 0 atom stereocenters. The molecule has 0 radical (unpaired) electrons. The fourth-order valence-corrected chi connectivity index (χ4v) is 2.77. The van der Waals surface area contributed by atoms with E-state index in [1.165, 1.54) is 4.68 Å². The molecule has 3 aromatic rings. The van der Waals surface area contributed by atoms with Crippen LogP contribution in [0.3, 0.4) is 0 Å². The maximum Gasteiger partial charge on any atom is 0.365 e. The van der Waals surface area contributed by atoms with Gasteiger partial charge in [-0.15, -0.1) is 0 Å². The fourth-order valence-electron chi connectivity index (χ4n) is 2.66. The Morgan fingerprint density at radius 1 is 0.912 bits per heavy atom. The van der Waals surface area contributed by atoms with Crippen LogP contribution >= 0.6 is 11.6 Å². The molecule has 1 aromatic heterocycles. The molecule has 0 aliphatic heterocycles. The Morgan fingerprint density at radius 3 is 1.79 bits per heavy atom. The maximum absolute atomic E-state index is 11.4. The van der Waals surface area contributed by atoms with Crippen molar-refractivity contribution < 1.29 is 14.3 Å². The van der Waals surface area contributed by atoms with Crippen molar-refractivity contribution in [3.63, 3.8) is 0 Å². The standard InChI is InChI=1S/C10H11ClO2.C10H12N4O2.C4H12Si/c1-6-4-8(10(11)12)5-9(13-3)7(6)2;1-6-4-8(5-9(16-3)7(6)2)14-10(15)11-12-13-14;1-5(2,3)4/h4-5H,1-3H3;4-5H,1-3H3,(H,11,13,15);1-4H3. The van der Waals surface area contributed by atoms with E-state index < -0.39 is 13.3 Å². The monoisotopic (exact) mass is 506 g/mol. The molecule has 0 fully saturated rings. The molecule has 0 aliphatic carbocycles. The van der Waals surface area contributed by atoms with Gasteiger partial charge in [0.1, 0.15) is 11.5 Å². The molecule has 3 rings (SSSR count). The lowest BCUT2D eigenvalue weighted by Gasteiger charge is -2.09. The zero-order valence-corrected chi connectivity index (χ0v) is 23.4. The third-order valence-corrected chi connectivity index (χ3v) is 4.83. The van der Waals surface area contributed by atoms with Crippen LogP contribution in [0.25, 0.3) is 5.69 Å². The second kappa shape index (κ2) is 12.5. The topological polar surface area (TPSA) is 99.1 Å². The average Bonchev–Trinajstić information content (AvgIpc) is 3.17. The molecule has 0 saturated heterocycles. The molecule has 0 unspecified atom stereocenters. The number of carbonyl (C=O) groups excluding carboxylic acids is 1. The lowest BCUT2D eigenvalue weighted by Crippen LogP contribution is -2.16. The molecule has 34 heavy (non-hydrogen) atoms. The first kappa shape index (κ1) is 29.1. The number of nitrogens with one attached hydrogen (secondary N) is 1. The number of ether oxygens (including phenoxy) is 2. The van der Waals surface area contributed by atoms with E-state index in [1.54, 1.807) is 32.4 Å². The molecule has 0 saturated carbocycles. The van der Waals surface area contributed by atoms with E-state index in [1.807, 2.05) is 33.8 Å². The number of carbonyl (C=O) groups is 1. The van der Waals surface area contributed by atoms with Crippen molar-refractivity contribution in [3.05, 3.63) is 62.6 Å². The second-order valence-electron chi connectivity index (χ2n) is 9.40. The quantitative estimate of drug-likeness (QED) is 0.384. The summed E-state index contributed by atoms with van der Waals surface area (Å²) in [5.41, 5.74) is 4.85. The summed E-state index contributed by atoms with van der Waals surface area (Å²) < 4.78 is 11.5. The van der Waals surface area contributed by atoms with Crippen LogP contribution in [-0.2, 0) is 0 Å². The summed E-state index contributed by atoms with van der Waals surface area (Å²) >= 11 is 5.36. The number of benzene rings is 2. The number of rotatable bonds is 4. The molecule has 1 N–H and O–H groups in total. The number of hydrogen-bond acceptors (Lipinski definition) is 6. The number of aryl methyl sites for hydroxylation is 2. The number of methoxy groups -OCH3 is 2. The number of tetrazole rings is 1. The van der Waals surface area contributed by atoms with E-state index in [4.69, 9.17) is 21.1 Å². The van der Waals surface area contributed by atoms with E-state index in [-0.39, 0.29) is 5.69 Å². The Labute approximate surface area is 207 Å². The third kappa shape index (κ3) is 8.79. The minimum atomic E-state index is -0.611. The van der Waals surface area contributed by atoms with Gasteiger partial charge in [-0.25, -0.2) is 9.89 Å². The molecule has 10 heteroatoms. The molecule has 0 aliphatic rings. The summed E-state index contributed by atoms with van der Waals surface area (Å²) in [6, 6.07) is 7.03. The van der Waals surface area contributed by atoms with Gasteiger partial charge in [0.05, 0.1) is 19.9 Å². The third-order valence-electron chi connectivity index (χ3n) is 4.61. The van der Waals surface area contributed by atoms with Crippen molar-refractivity contribution in [2.75, 3.05) is 14.2 Å². The Morgan fingerprint density at radius 2 is 1.38 bits per heavy atom. The number of hydrogen-bond donors (Lipinski definition) is 1. The molecular formula is C24H35ClN4O4Si. The molecule has 2 aromatic carbocycles. The van der Waals surface area contributed by atoms with Gasteiger partial charge in [0.25, 0.3) is 5.24 Å². The predicted molar refractivity (Wildman–Crippen MR) is 140 cm³/mol. The highest BCUT2D eigenvalue weighted by atomic mass is 35.5. The molecule has 186 valence electrons. The maximum atomic E-state index is 11.4. The van der Waals surface area contributed by atoms with Crippen LogP contribution in [0.5, 0.6) is 11.5 Å². The first-order valence-electron chi connectivity index (χ1n) is 10.7. The smallest absolute Gasteiger partial charge is 0.365 e. The van der Waals surface area contributed by atoms with Gasteiger partial charge in [-0.2, -0.15) is 4.68 Å². The minimum Gasteiger partial charge on any atom is -0.496 e. The SMILES string of the molecule is COc1cc(-n2nn[nH]c2=O)cc(C)c1C.COc1cc(C(=O)Cl)cc(C)c1C.C[Si](C)(C)C. The summed E-state index contributed by atoms with van der Waals surface area (Å²) in [7, 11) is 2.56. The summed E-state index contributed by atoms with van der Waals surface area (Å²) in [6.45, 7) is 17.1. The second-order valence-corrected chi connectivity index (χ2v) is 15.7. The Kier molecular flexibility index (Phi) is 10.7. The van der Waals surface area contributed by atoms with Gasteiger partial charge in [-0.1, -0.05) is 26.2 Å². The van der Waals surface area contributed by atoms with Crippen molar-refractivity contribution in [3.8, 4) is 17.2 Å². The van der Waals surface area contributed by atoms with Gasteiger partial charge >= 0.3 is 5.69 Å². The lowest BCUT2D eigenvalue weighted by molar-refractivity contribution is 0.108. The number of halogens is 1. The van der Waals surface area contributed by atoms with Gasteiger partial charge in [0, 0.05) is 19.7 Å². The molecule has 8 nitrogen and oxygen atoms in total. The number of nitrogens with zero attached hydrogens (tertiary/aromatic N) is 3. The van der Waals surface area contributed by atoms with Crippen molar-refractivity contribution in [2.45, 2.75) is 53.9 Å². The van der Waals surface area contributed by atoms with Gasteiger partial charge in [0.15, 0.2) is 0 Å². The van der Waals surface area contributed by atoms with Crippen LogP contribution < -0.4 is 15.2 Å². The van der Waals surface area contributed by atoms with E-state index in [2.05, 4.69) is 41.7 Å². The highest BCUT2D eigenvalue weighted by molar-refractivity contribution is 6.74. The van der Waals surface area contributed by atoms with Crippen LogP contribution in [0.15, 0.2) is 29.1 Å². The van der Waals surface area contributed by atoms with Gasteiger partial charge in [0.2, 0.25) is 0 Å². The Bertz CT molecular complexity index is 1180. The first-order valence-corrected chi connectivity index (χ1v) is 15.1. The summed E-state index contributed by atoms with van der Waals surface area (Å²) in [6.07, 6.45) is 0. The van der Waals surface area contributed by atoms with E-state index in [0.29, 0.717) is 17.0 Å². The van der Waals surface area contributed by atoms with Gasteiger partial charge < -0.3 is 9.47 Å². The molecule has 0 amide bonds. The van der Waals surface area contributed by atoms with Crippen molar-refractivity contribution in [2.24, 2.45) is 0 Å². The summed E-state index contributed by atoms with van der Waals surface area (Å²) in [5, 5.41) is 8.90. The fraction of sp³-hybridized carbons (Fsp3) is 0.417. The minimum absolute atomic E-state index is 0.370. The number of H-pyrrole nitrogens is 1. The Hall–Kier alpha value is -2.91. The Balaban J connectivity index is 0.000000289. The first-order chi connectivity index (χ1) is 15.7. The zero-order chi connectivity index (χ0) is 26.2. The lowest BCUT2D eigenvalue weighted by atomic mass is 10.1. The normalized spacial score (nSPS) is 10.4. The molecule has 0 bridgehead atoms. The largest absolute Gasteiger partial charge is 0.496 e. The summed E-state index contributed by atoms with van der Waals surface area (Å²) in [5.74, 6) is 1.42. The zero-order valence-electron chi connectivity index (χ0n) is 21.7. The van der Waals surface area contributed by atoms with Gasteiger partial charge in [-0.05, 0) is 90.2 Å². The van der Waals surface area contributed by atoms with E-state index in [0.717, 1.165) is 28.0 Å². The van der Waals surface area contributed by atoms with Crippen LogP contribution in [0, 0.1) is 27.7 Å². The predicted octanol–water partition coefficient (Wildman–Crippen LogP) is 5.23. The van der Waals surface area contributed by atoms with E-state index in [9.17, 15) is 9.59 Å². The highest BCUT2D eigenvalue weighted by Gasteiger charge is 2.09. The average molecular weight is 507 g/mol. The van der Waals surface area contributed by atoms with Crippen molar-refractivity contribution >= 4 is 24.9 Å². The molecular weight excluding hydrogens is 472 g/mol. The number of aromatic amines is 1. The van der Waals surface area contributed by atoms with Gasteiger partial charge in [-0.3, -0.25) is 4.79 Å². The van der Waals surface area contributed by atoms with Crippen LogP contribution in [0.4, 0.5) is 0 Å². The number of aromatic nitrogens is 4. The van der Waals surface area contributed by atoms with Crippen LogP contribution in [0.2, 0.25) is 26.2 Å². The molecule has 1 heterocycles. The summed E-state index contributed by atoms with van der Waals surface area (Å²) in [4.78, 5) is 22.2. The van der Waals surface area contributed by atoms with E-state index >= 15 is 0 Å². The van der Waals surface area contributed by atoms with Crippen LogP contribution in [0.1, 0.15) is 32.6 Å². The highest BCUT2D eigenvalue weighted by Crippen LogP contribution is 2.25. The van der Waals surface area contributed by atoms with Crippen molar-refractivity contribution in [1.29, 1.82) is 0 Å². The molecule has 0 spiro atoms. The van der Waals surface area contributed by atoms with Crippen molar-refractivity contribution in [1.82, 2.24) is 20.2 Å². The van der Waals surface area contributed by atoms with Crippen LogP contribution in [-0.4, -0.2) is 47.7 Å².